The van der Waals surface area contributed by atoms with Crippen LogP contribution in [0.3, 0.4) is 0 Å². The van der Waals surface area contributed by atoms with E-state index in [1.54, 1.807) is 12.1 Å². The van der Waals surface area contributed by atoms with Gasteiger partial charge < -0.3 is 0 Å². The van der Waals surface area contributed by atoms with Gasteiger partial charge in [0, 0.05) is 10.0 Å². The smallest absolute Gasteiger partial charge is 0.0752 e. The van der Waals surface area contributed by atoms with Crippen molar-refractivity contribution in [2.24, 2.45) is 5.92 Å². The maximum atomic E-state index is 9.23. The predicted molar refractivity (Wildman–Crippen MR) is 68.9 cm³/mol. The van der Waals surface area contributed by atoms with Crippen LogP contribution in [0.1, 0.15) is 38.2 Å². The van der Waals surface area contributed by atoms with E-state index in [1.807, 2.05) is 6.07 Å². The Hall–Kier alpha value is -0.710. The van der Waals surface area contributed by atoms with Crippen LogP contribution in [-0.4, -0.2) is 0 Å². The third-order valence-corrected chi connectivity index (χ3v) is 3.31. The molecule has 2 atom stereocenters. The van der Waals surface area contributed by atoms with Crippen molar-refractivity contribution in [2.75, 3.05) is 0 Å². The van der Waals surface area contributed by atoms with Crippen molar-refractivity contribution < 1.29 is 0 Å². The molecule has 1 aromatic rings. The summed E-state index contributed by atoms with van der Waals surface area (Å²) in [6.45, 7) is 4.21. The monoisotopic (exact) mass is 255 g/mol. The summed E-state index contributed by atoms with van der Waals surface area (Å²) in [5.74, 6) is 0.165. The van der Waals surface area contributed by atoms with Gasteiger partial charge in [-0.25, -0.2) is 0 Å². The Morgan fingerprint density at radius 1 is 1.38 bits per heavy atom. The largest absolute Gasteiger partial charge is 0.198 e. The van der Waals surface area contributed by atoms with E-state index >= 15 is 0 Å². The van der Waals surface area contributed by atoms with Crippen molar-refractivity contribution in [1.29, 1.82) is 5.26 Å². The lowest BCUT2D eigenvalue weighted by molar-refractivity contribution is 0.484. The molecule has 0 bridgehead atoms. The molecule has 0 aliphatic rings. The van der Waals surface area contributed by atoms with Crippen molar-refractivity contribution in [2.45, 2.75) is 32.6 Å². The van der Waals surface area contributed by atoms with E-state index in [0.29, 0.717) is 16.0 Å². The number of hydrogen-bond donors (Lipinski definition) is 0. The first-order valence-corrected chi connectivity index (χ1v) is 6.20. The summed E-state index contributed by atoms with van der Waals surface area (Å²) >= 11 is 11.9. The van der Waals surface area contributed by atoms with Crippen molar-refractivity contribution in [1.82, 2.24) is 0 Å². The number of hydrogen-bond acceptors (Lipinski definition) is 1. The number of nitrogens with zero attached hydrogens (tertiary/aromatic N) is 1. The first kappa shape index (κ1) is 13.4. The standard InChI is InChI=1S/C13H15Cl2N/c1-3-4-9(2)12(8-16)11-6-5-10(14)7-13(11)15/h5-7,9,12H,3-4H2,1-2H3. The molecule has 0 N–H and O–H groups in total. The zero-order valence-electron chi connectivity index (χ0n) is 9.50. The van der Waals surface area contributed by atoms with Crippen molar-refractivity contribution in [3.05, 3.63) is 33.8 Å². The van der Waals surface area contributed by atoms with Gasteiger partial charge in [0.1, 0.15) is 0 Å². The van der Waals surface area contributed by atoms with Crippen molar-refractivity contribution >= 4 is 23.2 Å². The van der Waals surface area contributed by atoms with Crippen LogP contribution in [0, 0.1) is 17.2 Å². The topological polar surface area (TPSA) is 23.8 Å². The highest BCUT2D eigenvalue weighted by molar-refractivity contribution is 6.35. The molecule has 86 valence electrons. The lowest BCUT2D eigenvalue weighted by Crippen LogP contribution is -2.08. The molecule has 0 aliphatic carbocycles. The van der Waals surface area contributed by atoms with Crippen LogP contribution in [0.5, 0.6) is 0 Å². The van der Waals surface area contributed by atoms with Gasteiger partial charge in [0.15, 0.2) is 0 Å². The number of benzene rings is 1. The molecule has 16 heavy (non-hydrogen) atoms. The molecule has 1 aromatic carbocycles. The normalized spacial score (nSPS) is 14.2. The van der Waals surface area contributed by atoms with E-state index < -0.39 is 0 Å². The lowest BCUT2D eigenvalue weighted by Gasteiger charge is -2.18. The second-order valence-electron chi connectivity index (χ2n) is 4.04. The van der Waals surface area contributed by atoms with Crippen molar-refractivity contribution in [3.63, 3.8) is 0 Å². The molecule has 0 amide bonds. The highest BCUT2D eigenvalue weighted by Gasteiger charge is 2.20. The maximum absolute atomic E-state index is 9.23. The molecular formula is C13H15Cl2N. The third-order valence-electron chi connectivity index (χ3n) is 2.75. The number of nitriles is 1. The Kier molecular flexibility index (Phi) is 5.12. The van der Waals surface area contributed by atoms with E-state index in [0.717, 1.165) is 18.4 Å². The maximum Gasteiger partial charge on any atom is 0.0752 e. The quantitative estimate of drug-likeness (QED) is 0.740. The van der Waals surface area contributed by atoms with Gasteiger partial charge in [-0.2, -0.15) is 5.26 Å². The van der Waals surface area contributed by atoms with Gasteiger partial charge in [-0.1, -0.05) is 49.5 Å². The van der Waals surface area contributed by atoms with Crippen LogP contribution in [0.15, 0.2) is 18.2 Å². The molecule has 0 radical (unpaired) electrons. The van der Waals surface area contributed by atoms with Gasteiger partial charge in [-0.05, 0) is 30.0 Å². The average Bonchev–Trinajstić information content (AvgIpc) is 2.22. The van der Waals surface area contributed by atoms with Gasteiger partial charge in [0.05, 0.1) is 12.0 Å². The molecule has 0 aliphatic heterocycles. The van der Waals surface area contributed by atoms with Crippen LogP contribution in [0.25, 0.3) is 0 Å². The SMILES string of the molecule is CCCC(C)C(C#N)c1ccc(Cl)cc1Cl. The highest BCUT2D eigenvalue weighted by atomic mass is 35.5. The number of halogens is 2. The minimum Gasteiger partial charge on any atom is -0.198 e. The fourth-order valence-electron chi connectivity index (χ4n) is 1.88. The van der Waals surface area contributed by atoms with E-state index in [1.165, 1.54) is 0 Å². The predicted octanol–water partition coefficient (Wildman–Crippen LogP) is 5.04. The van der Waals surface area contributed by atoms with Crippen LogP contribution >= 0.6 is 23.2 Å². The Morgan fingerprint density at radius 2 is 2.06 bits per heavy atom. The first-order valence-electron chi connectivity index (χ1n) is 5.44. The Bertz CT molecular complexity index is 395. The van der Waals surface area contributed by atoms with Crippen molar-refractivity contribution in [3.8, 4) is 6.07 Å². The number of rotatable bonds is 4. The highest BCUT2D eigenvalue weighted by Crippen LogP contribution is 2.33. The summed E-state index contributed by atoms with van der Waals surface area (Å²) in [7, 11) is 0. The molecule has 1 nitrogen and oxygen atoms in total. The lowest BCUT2D eigenvalue weighted by atomic mass is 9.86. The molecule has 0 spiro atoms. The second kappa shape index (κ2) is 6.13. The zero-order chi connectivity index (χ0) is 12.1. The molecular weight excluding hydrogens is 241 g/mol. The van der Waals surface area contributed by atoms with Gasteiger partial charge in [0.25, 0.3) is 0 Å². The summed E-state index contributed by atoms with van der Waals surface area (Å²) in [6.07, 6.45) is 2.10. The minimum atomic E-state index is -0.148. The van der Waals surface area contributed by atoms with E-state index in [-0.39, 0.29) is 5.92 Å². The van der Waals surface area contributed by atoms with Gasteiger partial charge in [-0.15, -0.1) is 0 Å². The summed E-state index contributed by atoms with van der Waals surface area (Å²) in [5.41, 5.74) is 0.884. The van der Waals surface area contributed by atoms with Crippen LogP contribution in [-0.2, 0) is 0 Å². The van der Waals surface area contributed by atoms with Gasteiger partial charge >= 0.3 is 0 Å². The summed E-state index contributed by atoms with van der Waals surface area (Å²) in [6, 6.07) is 7.67. The molecule has 3 heteroatoms. The Balaban J connectivity index is 3.00. The molecule has 0 aromatic heterocycles. The molecule has 0 fully saturated rings. The Morgan fingerprint density at radius 3 is 2.56 bits per heavy atom. The summed E-state index contributed by atoms with van der Waals surface area (Å²) in [4.78, 5) is 0. The van der Waals surface area contributed by atoms with Crippen LogP contribution in [0.4, 0.5) is 0 Å². The fourth-order valence-corrected chi connectivity index (χ4v) is 2.41. The second-order valence-corrected chi connectivity index (χ2v) is 4.88. The molecule has 0 saturated heterocycles. The van der Waals surface area contributed by atoms with E-state index in [4.69, 9.17) is 23.2 Å². The van der Waals surface area contributed by atoms with Gasteiger partial charge in [-0.3, -0.25) is 0 Å². The van der Waals surface area contributed by atoms with Crippen LogP contribution < -0.4 is 0 Å². The van der Waals surface area contributed by atoms with E-state index in [9.17, 15) is 5.26 Å². The molecule has 2 unspecified atom stereocenters. The summed E-state index contributed by atoms with van der Waals surface area (Å²) in [5, 5.41) is 10.4. The molecule has 0 heterocycles. The third kappa shape index (κ3) is 3.14. The molecule has 1 rings (SSSR count). The fraction of sp³-hybridized carbons (Fsp3) is 0.462. The summed E-state index contributed by atoms with van der Waals surface area (Å²) < 4.78 is 0. The average molecular weight is 256 g/mol. The minimum absolute atomic E-state index is 0.148. The van der Waals surface area contributed by atoms with E-state index in [2.05, 4.69) is 19.9 Å². The Labute approximate surface area is 107 Å². The first-order chi connectivity index (χ1) is 7.60. The van der Waals surface area contributed by atoms with Crippen LogP contribution in [0.2, 0.25) is 10.0 Å². The molecule has 0 saturated carbocycles. The zero-order valence-corrected chi connectivity index (χ0v) is 11.0. The van der Waals surface area contributed by atoms with Gasteiger partial charge in [0.2, 0.25) is 0 Å².